The summed E-state index contributed by atoms with van der Waals surface area (Å²) in [4.78, 5) is 15.3. The van der Waals surface area contributed by atoms with Crippen LogP contribution in [-0.4, -0.2) is 35.8 Å². The average molecular weight is 365 g/mol. The maximum absolute atomic E-state index is 13.2. The van der Waals surface area contributed by atoms with Crippen molar-refractivity contribution in [1.82, 2.24) is 4.98 Å². The quantitative estimate of drug-likeness (QED) is 0.562. The number of pyridine rings is 1. The van der Waals surface area contributed by atoms with E-state index in [0.29, 0.717) is 13.2 Å². The second-order valence-electron chi connectivity index (χ2n) is 4.17. The molecule has 0 spiro atoms. The zero-order valence-electron chi connectivity index (χ0n) is 10.9. The van der Waals surface area contributed by atoms with Crippen LogP contribution in [0.2, 0.25) is 0 Å². The molecule has 128 valence electrons. The third-order valence-corrected chi connectivity index (χ3v) is 4.15. The Morgan fingerprint density at radius 2 is 1.78 bits per heavy atom. The number of carbonyl (C=O) groups is 1. The fourth-order valence-electron chi connectivity index (χ4n) is 1.76. The number of phosphoric acid groups is 1. The van der Waals surface area contributed by atoms with Gasteiger partial charge in [0.2, 0.25) is 11.7 Å². The first kappa shape index (κ1) is 17.7. The lowest BCUT2D eigenvalue weighted by molar-refractivity contribution is -0.335. The molecule has 0 radical (unpaired) electrons. The van der Waals surface area contributed by atoms with E-state index in [9.17, 15) is 35.7 Å². The van der Waals surface area contributed by atoms with E-state index in [-0.39, 0.29) is 0 Å². The van der Waals surface area contributed by atoms with Crippen molar-refractivity contribution < 1.29 is 49.3 Å². The van der Waals surface area contributed by atoms with Crippen molar-refractivity contribution in [3.63, 3.8) is 0 Å². The van der Waals surface area contributed by atoms with Gasteiger partial charge in [-0.1, -0.05) is 0 Å². The van der Waals surface area contributed by atoms with Crippen molar-refractivity contribution in [3.8, 4) is 5.88 Å². The summed E-state index contributed by atoms with van der Waals surface area (Å²) in [5.41, 5.74) is -6.61. The van der Waals surface area contributed by atoms with Gasteiger partial charge in [-0.25, -0.2) is 14.1 Å². The van der Waals surface area contributed by atoms with Crippen LogP contribution in [0, 0.1) is 0 Å². The lowest BCUT2D eigenvalue weighted by Crippen LogP contribution is -2.63. The lowest BCUT2D eigenvalue weighted by Gasteiger charge is -2.34. The summed E-state index contributed by atoms with van der Waals surface area (Å²) in [6, 6.07) is 1.51. The number of ketones is 1. The molecule has 0 bridgehead atoms. The third-order valence-electron chi connectivity index (χ3n) is 2.80. The molecule has 13 heteroatoms. The molecule has 0 fully saturated rings. The standard InChI is InChI=1S/C10H6F6NO5P/c1-20-23(19)21-7-5(3-2-4-17-7)6(18)8(22-23,9(11,12)13)10(14,15)16/h2-4H,1H3. The van der Waals surface area contributed by atoms with Gasteiger partial charge in [0.1, 0.15) is 0 Å². The van der Waals surface area contributed by atoms with E-state index in [1.165, 1.54) is 0 Å². The summed E-state index contributed by atoms with van der Waals surface area (Å²) in [5.74, 6) is -3.59. The number of halogens is 6. The Bertz CT molecular complexity index is 673. The van der Waals surface area contributed by atoms with E-state index in [0.717, 1.165) is 12.3 Å². The van der Waals surface area contributed by atoms with E-state index in [4.69, 9.17) is 0 Å². The fraction of sp³-hybridized carbons (Fsp3) is 0.400. The van der Waals surface area contributed by atoms with Gasteiger partial charge in [0.15, 0.2) is 0 Å². The first-order chi connectivity index (χ1) is 10.4. The second-order valence-corrected chi connectivity index (χ2v) is 5.80. The summed E-state index contributed by atoms with van der Waals surface area (Å²) >= 11 is 0. The van der Waals surface area contributed by atoms with Gasteiger partial charge in [-0.05, 0) is 12.1 Å². The number of aromatic nitrogens is 1. The molecule has 23 heavy (non-hydrogen) atoms. The van der Waals surface area contributed by atoms with Gasteiger partial charge in [-0.3, -0.25) is 9.32 Å². The SMILES string of the molecule is COP1(=O)Oc2ncccc2C(=O)C(C(F)(F)F)(C(F)(F)F)O1. The number of hydrogen-bond acceptors (Lipinski definition) is 6. The number of fused-ring (bicyclic) bond motifs is 1. The van der Waals surface area contributed by atoms with Crippen LogP contribution >= 0.6 is 7.82 Å². The van der Waals surface area contributed by atoms with E-state index in [1.54, 1.807) is 0 Å². The van der Waals surface area contributed by atoms with Crippen molar-refractivity contribution in [3.05, 3.63) is 23.9 Å². The summed E-state index contributed by atoms with van der Waals surface area (Å²) < 4.78 is 103. The van der Waals surface area contributed by atoms with Crippen molar-refractivity contribution in [1.29, 1.82) is 0 Å². The Morgan fingerprint density at radius 1 is 1.22 bits per heavy atom. The molecule has 1 atom stereocenters. The fourth-order valence-corrected chi connectivity index (χ4v) is 2.92. The van der Waals surface area contributed by atoms with Gasteiger partial charge in [0, 0.05) is 13.3 Å². The molecule has 1 aliphatic rings. The Labute approximate surface area is 124 Å². The number of Topliss-reactive ketones (excluding diaryl/α,β-unsaturated/α-hetero) is 1. The number of hydrogen-bond donors (Lipinski definition) is 0. The maximum Gasteiger partial charge on any atom is 0.532 e. The minimum atomic E-state index is -6.29. The smallest absolute Gasteiger partial charge is 0.385 e. The predicted octanol–water partition coefficient (Wildman–Crippen LogP) is 3.29. The number of carbonyl (C=O) groups excluding carboxylic acids is 1. The molecule has 1 aliphatic heterocycles. The molecule has 0 amide bonds. The monoisotopic (exact) mass is 365 g/mol. The number of nitrogens with zero attached hydrogens (tertiary/aromatic N) is 1. The maximum atomic E-state index is 13.2. The average Bonchev–Trinajstić information content (AvgIpc) is 2.52. The molecule has 1 aromatic rings. The summed E-state index contributed by atoms with van der Waals surface area (Å²) in [7, 11) is -4.95. The molecular weight excluding hydrogens is 359 g/mol. The van der Waals surface area contributed by atoms with E-state index in [2.05, 4.69) is 18.6 Å². The molecule has 2 rings (SSSR count). The predicted molar refractivity (Wildman–Crippen MR) is 59.7 cm³/mol. The van der Waals surface area contributed by atoms with Crippen molar-refractivity contribution in [2.45, 2.75) is 18.0 Å². The summed E-state index contributed by atoms with van der Waals surface area (Å²) in [5, 5.41) is 0. The molecule has 6 nitrogen and oxygen atoms in total. The zero-order valence-corrected chi connectivity index (χ0v) is 11.8. The van der Waals surface area contributed by atoms with Crippen LogP contribution in [0.25, 0.3) is 0 Å². The van der Waals surface area contributed by atoms with E-state index in [1.807, 2.05) is 0 Å². The molecule has 0 saturated heterocycles. The largest absolute Gasteiger partial charge is 0.532 e. The van der Waals surface area contributed by atoms with Gasteiger partial charge in [-0.2, -0.15) is 26.3 Å². The van der Waals surface area contributed by atoms with Crippen LogP contribution in [0.5, 0.6) is 5.88 Å². The molecule has 2 heterocycles. The van der Waals surface area contributed by atoms with Crippen LogP contribution in [0.1, 0.15) is 10.4 Å². The zero-order chi connectivity index (χ0) is 17.7. The third kappa shape index (κ3) is 2.60. The Kier molecular flexibility index (Phi) is 3.99. The van der Waals surface area contributed by atoms with Crippen molar-refractivity contribution in [2.24, 2.45) is 0 Å². The highest BCUT2D eigenvalue weighted by atomic mass is 31.2. The molecule has 0 aromatic carbocycles. The van der Waals surface area contributed by atoms with Gasteiger partial charge in [0.05, 0.1) is 5.56 Å². The minimum absolute atomic E-state index is 0.497. The molecule has 0 aliphatic carbocycles. The van der Waals surface area contributed by atoms with Gasteiger partial charge in [0.25, 0.3) is 0 Å². The topological polar surface area (TPSA) is 74.7 Å². The Balaban J connectivity index is 2.86. The Hall–Kier alpha value is -1.65. The van der Waals surface area contributed by atoms with E-state index < -0.39 is 43.0 Å². The lowest BCUT2D eigenvalue weighted by atomic mass is 9.92. The number of phosphoric ester groups is 1. The van der Waals surface area contributed by atoms with Crippen molar-refractivity contribution in [2.75, 3.05) is 7.11 Å². The van der Waals surface area contributed by atoms with Crippen LogP contribution in [-0.2, 0) is 13.6 Å². The Morgan fingerprint density at radius 3 is 2.26 bits per heavy atom. The molecule has 0 saturated carbocycles. The van der Waals surface area contributed by atoms with Crippen molar-refractivity contribution >= 4 is 13.6 Å². The summed E-state index contributed by atoms with van der Waals surface area (Å²) in [6.45, 7) is 0. The molecular formula is C10H6F6NO5P. The van der Waals surface area contributed by atoms with Gasteiger partial charge >= 0.3 is 25.8 Å². The number of rotatable bonds is 1. The van der Waals surface area contributed by atoms with Crippen LogP contribution < -0.4 is 4.52 Å². The highest BCUT2D eigenvalue weighted by molar-refractivity contribution is 7.49. The second kappa shape index (κ2) is 5.18. The highest BCUT2D eigenvalue weighted by Gasteiger charge is 2.80. The van der Waals surface area contributed by atoms with Crippen LogP contribution in [0.3, 0.4) is 0 Å². The van der Waals surface area contributed by atoms with Crippen LogP contribution in [0.15, 0.2) is 18.3 Å². The van der Waals surface area contributed by atoms with Gasteiger partial charge < -0.3 is 4.52 Å². The number of alkyl halides is 6. The normalized spacial score (nSPS) is 24.6. The first-order valence-electron chi connectivity index (χ1n) is 5.57. The first-order valence-corrected chi connectivity index (χ1v) is 7.03. The van der Waals surface area contributed by atoms with Crippen LogP contribution in [0.4, 0.5) is 26.3 Å². The van der Waals surface area contributed by atoms with E-state index >= 15 is 0 Å². The minimum Gasteiger partial charge on any atom is -0.385 e. The molecule has 0 N–H and O–H groups in total. The highest BCUT2D eigenvalue weighted by Crippen LogP contribution is 2.62. The molecule has 1 unspecified atom stereocenters. The molecule has 1 aromatic heterocycles. The van der Waals surface area contributed by atoms with Gasteiger partial charge in [-0.15, -0.1) is 0 Å². The summed E-state index contributed by atoms with van der Waals surface area (Å²) in [6.07, 6.45) is -11.7.